The number of carbonyl (C=O) groups is 2. The number of piperidine rings is 1. The zero-order valence-electron chi connectivity index (χ0n) is 12.8. The summed E-state index contributed by atoms with van der Waals surface area (Å²) in [5.74, 6) is -0.380. The monoisotopic (exact) mass is 284 g/mol. The van der Waals surface area contributed by atoms with Crippen LogP contribution in [0.5, 0.6) is 0 Å². The van der Waals surface area contributed by atoms with Crippen molar-refractivity contribution in [2.24, 2.45) is 11.8 Å². The van der Waals surface area contributed by atoms with E-state index in [2.05, 4.69) is 17.6 Å². The number of hydrogen-bond acceptors (Lipinski definition) is 3. The molecular weight excluding hydrogens is 256 g/mol. The Labute approximate surface area is 121 Å². The zero-order chi connectivity index (χ0) is 15.1. The number of rotatable bonds is 7. The lowest BCUT2D eigenvalue weighted by Gasteiger charge is -2.28. The molecule has 0 aliphatic carbocycles. The number of hydrogen-bond donors (Lipinski definition) is 3. The van der Waals surface area contributed by atoms with Gasteiger partial charge in [-0.15, -0.1) is 0 Å². The van der Waals surface area contributed by atoms with Gasteiger partial charge in [-0.25, -0.2) is 0 Å². The van der Waals surface area contributed by atoms with Gasteiger partial charge < -0.3 is 15.7 Å². The first kappa shape index (κ1) is 17.0. The minimum Gasteiger partial charge on any atom is -0.481 e. The first-order valence-electron chi connectivity index (χ1n) is 7.66. The fourth-order valence-electron chi connectivity index (χ4n) is 2.58. The Morgan fingerprint density at radius 1 is 1.35 bits per heavy atom. The standard InChI is InChI=1S/C15H28N2O3/c1-10-7-8-16-13(9-10)14(18)17-12(3)6-4-5-11(2)15(19)20/h10-13,16H,4-9H2,1-3H3,(H,17,18)(H,19,20). The van der Waals surface area contributed by atoms with Crippen LogP contribution >= 0.6 is 0 Å². The maximum atomic E-state index is 12.1. The van der Waals surface area contributed by atoms with E-state index in [1.54, 1.807) is 6.92 Å². The van der Waals surface area contributed by atoms with Crippen LogP contribution in [0, 0.1) is 11.8 Å². The summed E-state index contributed by atoms with van der Waals surface area (Å²) in [5.41, 5.74) is 0. The molecule has 0 aromatic heterocycles. The molecule has 1 rings (SSSR count). The fourth-order valence-corrected chi connectivity index (χ4v) is 2.58. The highest BCUT2D eigenvalue weighted by molar-refractivity contribution is 5.82. The summed E-state index contributed by atoms with van der Waals surface area (Å²) in [5, 5.41) is 15.1. The molecule has 4 unspecified atom stereocenters. The van der Waals surface area contributed by atoms with Crippen LogP contribution < -0.4 is 10.6 Å². The van der Waals surface area contributed by atoms with Gasteiger partial charge in [0.15, 0.2) is 0 Å². The highest BCUT2D eigenvalue weighted by Crippen LogP contribution is 2.15. The molecule has 1 aliphatic rings. The smallest absolute Gasteiger partial charge is 0.306 e. The number of amides is 1. The Kier molecular flexibility index (Phi) is 6.99. The number of nitrogens with one attached hydrogen (secondary N) is 2. The molecule has 1 saturated heterocycles. The summed E-state index contributed by atoms with van der Waals surface area (Å²) in [6.45, 7) is 6.79. The van der Waals surface area contributed by atoms with E-state index in [1.165, 1.54) is 0 Å². The molecule has 1 aliphatic heterocycles. The predicted octanol–water partition coefficient (Wildman–Crippen LogP) is 1.77. The summed E-state index contributed by atoms with van der Waals surface area (Å²) in [6, 6.07) is 0.0293. The molecule has 1 fully saturated rings. The third-order valence-corrected chi connectivity index (χ3v) is 4.07. The van der Waals surface area contributed by atoms with Crippen LogP contribution in [-0.4, -0.2) is 35.6 Å². The largest absolute Gasteiger partial charge is 0.481 e. The highest BCUT2D eigenvalue weighted by Gasteiger charge is 2.25. The van der Waals surface area contributed by atoms with Crippen molar-refractivity contribution in [1.29, 1.82) is 0 Å². The Hall–Kier alpha value is -1.10. The SMILES string of the molecule is CC1CCNC(C(=O)NC(C)CCCC(C)C(=O)O)C1. The Balaban J connectivity index is 2.22. The molecule has 0 aromatic rings. The first-order valence-corrected chi connectivity index (χ1v) is 7.66. The van der Waals surface area contributed by atoms with Gasteiger partial charge in [-0.2, -0.15) is 0 Å². The van der Waals surface area contributed by atoms with Gasteiger partial charge in [-0.05, 0) is 45.1 Å². The molecule has 4 atom stereocenters. The Morgan fingerprint density at radius 2 is 2.05 bits per heavy atom. The fraction of sp³-hybridized carbons (Fsp3) is 0.867. The number of carboxylic acid groups (broad SMARTS) is 1. The van der Waals surface area contributed by atoms with Crippen LogP contribution in [0.3, 0.4) is 0 Å². The van der Waals surface area contributed by atoms with Gasteiger partial charge in [0, 0.05) is 6.04 Å². The van der Waals surface area contributed by atoms with Gasteiger partial charge in [0.05, 0.1) is 12.0 Å². The van der Waals surface area contributed by atoms with Gasteiger partial charge in [0.2, 0.25) is 5.91 Å². The average Bonchev–Trinajstić information content (AvgIpc) is 2.38. The van der Waals surface area contributed by atoms with Crippen molar-refractivity contribution in [3.05, 3.63) is 0 Å². The van der Waals surface area contributed by atoms with Crippen molar-refractivity contribution in [3.8, 4) is 0 Å². The molecule has 5 nitrogen and oxygen atoms in total. The quantitative estimate of drug-likeness (QED) is 0.666. The predicted molar refractivity (Wildman–Crippen MR) is 78.4 cm³/mol. The molecule has 3 N–H and O–H groups in total. The summed E-state index contributed by atoms with van der Waals surface area (Å²) in [4.78, 5) is 22.8. The van der Waals surface area contributed by atoms with Gasteiger partial charge >= 0.3 is 5.97 Å². The lowest BCUT2D eigenvalue weighted by atomic mass is 9.93. The van der Waals surface area contributed by atoms with Crippen LogP contribution in [0.15, 0.2) is 0 Å². The van der Waals surface area contributed by atoms with E-state index in [4.69, 9.17) is 5.11 Å². The van der Waals surface area contributed by atoms with Crippen molar-refractivity contribution in [1.82, 2.24) is 10.6 Å². The highest BCUT2D eigenvalue weighted by atomic mass is 16.4. The molecule has 0 aromatic carbocycles. The molecular formula is C15H28N2O3. The van der Waals surface area contributed by atoms with Crippen molar-refractivity contribution in [2.45, 2.75) is 65.0 Å². The lowest BCUT2D eigenvalue weighted by Crippen LogP contribution is -2.50. The Bertz CT molecular complexity index is 333. The molecule has 5 heteroatoms. The van der Waals surface area contributed by atoms with Crippen LogP contribution in [0.25, 0.3) is 0 Å². The number of aliphatic carboxylic acids is 1. The van der Waals surface area contributed by atoms with E-state index < -0.39 is 5.97 Å². The van der Waals surface area contributed by atoms with Crippen LogP contribution in [0.1, 0.15) is 52.9 Å². The lowest BCUT2D eigenvalue weighted by molar-refractivity contribution is -0.141. The van der Waals surface area contributed by atoms with E-state index in [0.717, 1.165) is 32.2 Å². The normalized spacial score (nSPS) is 25.8. The first-order chi connectivity index (χ1) is 9.40. The van der Waals surface area contributed by atoms with Crippen molar-refractivity contribution in [2.75, 3.05) is 6.54 Å². The second-order valence-electron chi connectivity index (χ2n) is 6.22. The van der Waals surface area contributed by atoms with E-state index in [0.29, 0.717) is 12.3 Å². The maximum absolute atomic E-state index is 12.1. The van der Waals surface area contributed by atoms with E-state index in [1.807, 2.05) is 6.92 Å². The minimum atomic E-state index is -0.748. The molecule has 20 heavy (non-hydrogen) atoms. The molecule has 0 spiro atoms. The van der Waals surface area contributed by atoms with Crippen LogP contribution in [0.4, 0.5) is 0 Å². The van der Waals surface area contributed by atoms with Crippen molar-refractivity contribution in [3.63, 3.8) is 0 Å². The molecule has 1 heterocycles. The molecule has 1 amide bonds. The average molecular weight is 284 g/mol. The summed E-state index contributed by atoms with van der Waals surface area (Å²) in [6.07, 6.45) is 4.34. The summed E-state index contributed by atoms with van der Waals surface area (Å²) in [7, 11) is 0. The maximum Gasteiger partial charge on any atom is 0.306 e. The van der Waals surface area contributed by atoms with Crippen molar-refractivity contribution < 1.29 is 14.7 Å². The van der Waals surface area contributed by atoms with E-state index in [-0.39, 0.29) is 23.9 Å². The number of carboxylic acids is 1. The molecule has 116 valence electrons. The van der Waals surface area contributed by atoms with E-state index >= 15 is 0 Å². The number of carbonyl (C=O) groups excluding carboxylic acids is 1. The van der Waals surface area contributed by atoms with Crippen molar-refractivity contribution >= 4 is 11.9 Å². The van der Waals surface area contributed by atoms with Gasteiger partial charge in [0.1, 0.15) is 0 Å². The zero-order valence-corrected chi connectivity index (χ0v) is 12.8. The minimum absolute atomic E-state index is 0.0702. The third kappa shape index (κ3) is 5.90. The van der Waals surface area contributed by atoms with Crippen LogP contribution in [0.2, 0.25) is 0 Å². The molecule has 0 saturated carbocycles. The summed E-state index contributed by atoms with van der Waals surface area (Å²) < 4.78 is 0. The van der Waals surface area contributed by atoms with E-state index in [9.17, 15) is 9.59 Å². The Morgan fingerprint density at radius 3 is 2.65 bits per heavy atom. The van der Waals surface area contributed by atoms with Crippen LogP contribution in [-0.2, 0) is 9.59 Å². The summed E-state index contributed by atoms with van der Waals surface area (Å²) >= 11 is 0. The second kappa shape index (κ2) is 8.25. The van der Waals surface area contributed by atoms with Gasteiger partial charge in [0.25, 0.3) is 0 Å². The molecule has 0 bridgehead atoms. The molecule has 0 radical (unpaired) electrons. The van der Waals surface area contributed by atoms with Gasteiger partial charge in [-0.3, -0.25) is 9.59 Å². The second-order valence-corrected chi connectivity index (χ2v) is 6.22. The topological polar surface area (TPSA) is 78.4 Å². The van der Waals surface area contributed by atoms with Gasteiger partial charge in [-0.1, -0.05) is 20.3 Å². The third-order valence-electron chi connectivity index (χ3n) is 4.07.